The molecule has 10 aliphatic rings. The lowest BCUT2D eigenvalue weighted by Gasteiger charge is -2.54. The Labute approximate surface area is 255 Å². The lowest BCUT2D eigenvalue weighted by Crippen LogP contribution is -2.54. The molecule has 0 amide bonds. The Kier molecular flexibility index (Phi) is 3.60. The van der Waals surface area contributed by atoms with Crippen LogP contribution >= 0.6 is 0 Å². The van der Waals surface area contributed by atoms with Crippen LogP contribution in [0.4, 0.5) is 0 Å². The zero-order valence-corrected chi connectivity index (χ0v) is 23.9. The van der Waals surface area contributed by atoms with Crippen LogP contribution in [-0.4, -0.2) is 5.78 Å². The van der Waals surface area contributed by atoms with Gasteiger partial charge in [-0.1, -0.05) is 133 Å². The van der Waals surface area contributed by atoms with Crippen LogP contribution in [0.3, 0.4) is 0 Å². The van der Waals surface area contributed by atoms with Gasteiger partial charge in [-0.2, -0.15) is 0 Å². The van der Waals surface area contributed by atoms with E-state index in [0.717, 1.165) is 0 Å². The molecule has 2 atom stereocenters. The van der Waals surface area contributed by atoms with Crippen LogP contribution in [0, 0.1) is 0 Å². The molecular weight excluding hydrogens is 532 g/mol. The number of carbonyl (C=O) groups excluding carboxylic acids is 1. The van der Waals surface area contributed by atoms with Gasteiger partial charge in [0.2, 0.25) is 0 Å². The molecule has 16 rings (SSSR count). The van der Waals surface area contributed by atoms with Crippen molar-refractivity contribution >= 4 is 5.78 Å². The maximum atomic E-state index is 16.7. The van der Waals surface area contributed by atoms with Gasteiger partial charge in [-0.3, -0.25) is 4.79 Å². The predicted octanol–water partition coefficient (Wildman–Crippen LogP) is 8.43. The largest absolute Gasteiger partial charge is 0.296 e. The van der Waals surface area contributed by atoms with Crippen molar-refractivity contribution in [1.82, 2.24) is 0 Å². The third-order valence-corrected chi connectivity index (χ3v) is 12.5. The summed E-state index contributed by atoms with van der Waals surface area (Å²) in [5, 5.41) is 0. The molecule has 2 unspecified atom stereocenters. The highest BCUT2D eigenvalue weighted by Gasteiger charge is 2.73. The first-order chi connectivity index (χ1) is 21.8. The average molecular weight is 559 g/mol. The fraction of sp³-hybridized carbons (Fsp3) is 0.140. The van der Waals surface area contributed by atoms with E-state index in [0.29, 0.717) is 5.78 Å². The minimum atomic E-state index is -0.842. The van der Waals surface area contributed by atoms with Crippen molar-refractivity contribution in [1.29, 1.82) is 0 Å². The molecule has 1 nitrogen and oxygen atoms in total. The van der Waals surface area contributed by atoms with Crippen LogP contribution in [0.2, 0.25) is 0 Å². The molecule has 6 aromatic rings. The van der Waals surface area contributed by atoms with Gasteiger partial charge in [0.05, 0.1) is 5.41 Å². The number of ketones is 1. The number of rotatable bonds is 0. The second-order valence-corrected chi connectivity index (χ2v) is 13.7. The van der Waals surface area contributed by atoms with E-state index in [4.69, 9.17) is 0 Å². The second-order valence-electron chi connectivity index (χ2n) is 13.7. The summed E-state index contributed by atoms with van der Waals surface area (Å²) in [7, 11) is 0. The Morgan fingerprint density at radius 2 is 0.841 bits per heavy atom. The summed E-state index contributed by atoms with van der Waals surface area (Å²) in [6.07, 6.45) is 0. The first kappa shape index (κ1) is 22.5. The van der Waals surface area contributed by atoms with E-state index >= 15 is 4.79 Å². The van der Waals surface area contributed by atoms with Gasteiger partial charge in [0.1, 0.15) is 5.41 Å². The topological polar surface area (TPSA) is 17.1 Å². The van der Waals surface area contributed by atoms with Gasteiger partial charge in [-0.05, 0) is 77.9 Å². The van der Waals surface area contributed by atoms with Crippen molar-refractivity contribution in [3.8, 4) is 0 Å². The molecule has 0 saturated carbocycles. The first-order valence-corrected chi connectivity index (χ1v) is 16.0. The summed E-state index contributed by atoms with van der Waals surface area (Å²) < 4.78 is 0. The summed E-state index contributed by atoms with van der Waals surface area (Å²) in [5.74, 6) is 0.706. The highest BCUT2D eigenvalue weighted by atomic mass is 16.1. The number of benzene rings is 6. The highest BCUT2D eigenvalue weighted by Crippen LogP contribution is 2.75. The second kappa shape index (κ2) is 7.03. The summed E-state index contributed by atoms with van der Waals surface area (Å²) in [6.45, 7) is 0. The molecule has 0 radical (unpaired) electrons. The van der Waals surface area contributed by atoms with Crippen LogP contribution in [0.1, 0.15) is 102 Å². The maximum absolute atomic E-state index is 16.7. The molecule has 2 spiro atoms. The Balaban J connectivity index is 1.37. The quantitative estimate of drug-likeness (QED) is 0.183. The monoisotopic (exact) mass is 558 g/mol. The van der Waals surface area contributed by atoms with E-state index in [1.54, 1.807) is 0 Å². The van der Waals surface area contributed by atoms with Crippen molar-refractivity contribution in [3.63, 3.8) is 0 Å². The number of hydrogen-bond acceptors (Lipinski definition) is 1. The molecule has 0 N–H and O–H groups in total. The van der Waals surface area contributed by atoms with Crippen LogP contribution in [0.15, 0.2) is 133 Å². The first-order valence-electron chi connectivity index (χ1n) is 16.0. The van der Waals surface area contributed by atoms with Crippen LogP contribution in [-0.2, 0) is 15.6 Å². The van der Waals surface area contributed by atoms with E-state index in [2.05, 4.69) is 133 Å². The number of carbonyl (C=O) groups is 1. The van der Waals surface area contributed by atoms with E-state index < -0.39 is 10.8 Å². The van der Waals surface area contributed by atoms with Crippen LogP contribution in [0.25, 0.3) is 0 Å². The van der Waals surface area contributed by atoms with Gasteiger partial charge < -0.3 is 0 Å². The SMILES string of the molecule is O=C1C23c4ccccc4C(c4ccccc42)c2ccc4c(c23)C12c1ccccc1C4C1c3ccccc3C2c2ccccc21. The van der Waals surface area contributed by atoms with Gasteiger partial charge in [0.25, 0.3) is 0 Å². The van der Waals surface area contributed by atoms with Crippen LogP contribution in [0.5, 0.6) is 0 Å². The summed E-state index contributed by atoms with van der Waals surface area (Å²) >= 11 is 0. The summed E-state index contributed by atoms with van der Waals surface area (Å²) in [5.41, 5.74) is 16.7. The van der Waals surface area contributed by atoms with E-state index in [1.807, 2.05) is 0 Å². The number of Topliss-reactive ketones (excluding diaryl/α,β-unsaturated/α-hetero) is 1. The number of hydrogen-bond donors (Lipinski definition) is 0. The molecule has 0 aromatic heterocycles. The van der Waals surface area contributed by atoms with Gasteiger partial charge in [-0.15, -0.1) is 0 Å². The van der Waals surface area contributed by atoms with E-state index in [9.17, 15) is 0 Å². The average Bonchev–Trinajstić information content (AvgIpc) is 3.32. The smallest absolute Gasteiger partial charge is 0.168 e. The van der Waals surface area contributed by atoms with Crippen LogP contribution < -0.4 is 0 Å². The minimum absolute atomic E-state index is 0.107. The fourth-order valence-electron chi connectivity index (χ4n) is 11.4. The Hall–Kier alpha value is -5.01. The molecule has 204 valence electrons. The molecule has 10 aliphatic carbocycles. The molecule has 0 saturated heterocycles. The lowest BCUT2D eigenvalue weighted by atomic mass is 9.46. The normalized spacial score (nSPS) is 29.1. The molecule has 0 aliphatic heterocycles. The third-order valence-electron chi connectivity index (χ3n) is 12.5. The highest BCUT2D eigenvalue weighted by molar-refractivity contribution is 6.16. The summed E-state index contributed by atoms with van der Waals surface area (Å²) in [4.78, 5) is 16.7. The van der Waals surface area contributed by atoms with E-state index in [-0.39, 0.29) is 23.7 Å². The van der Waals surface area contributed by atoms with Crippen molar-refractivity contribution in [3.05, 3.63) is 211 Å². The van der Waals surface area contributed by atoms with E-state index in [1.165, 1.54) is 77.9 Å². The lowest BCUT2D eigenvalue weighted by molar-refractivity contribution is -0.125. The molecule has 6 aromatic carbocycles. The van der Waals surface area contributed by atoms with Crippen molar-refractivity contribution in [2.45, 2.75) is 34.5 Å². The molecular formula is C43H26O. The minimum Gasteiger partial charge on any atom is -0.296 e. The van der Waals surface area contributed by atoms with Gasteiger partial charge in [0.15, 0.2) is 5.78 Å². The zero-order chi connectivity index (χ0) is 28.5. The maximum Gasteiger partial charge on any atom is 0.168 e. The zero-order valence-electron chi connectivity index (χ0n) is 23.9. The van der Waals surface area contributed by atoms with Gasteiger partial charge in [-0.25, -0.2) is 0 Å². The van der Waals surface area contributed by atoms with Crippen molar-refractivity contribution in [2.24, 2.45) is 0 Å². The van der Waals surface area contributed by atoms with Gasteiger partial charge >= 0.3 is 0 Å². The fourth-order valence-corrected chi connectivity index (χ4v) is 11.4. The standard InChI is InChI=1S/C43H26O/c44-41-42-32-18-8-5-15-27(32)35(28-16-6-9-19-33(28)42)30-21-22-31-37-29-17-7-10-20-34(29)43(41,40(31)39(30)42)38-25-13-3-1-11-23(25)36(37)24-12-2-4-14-26(24)38/h1-22,35-38H. The summed E-state index contributed by atoms with van der Waals surface area (Å²) in [6, 6.07) is 49.7. The Morgan fingerprint density at radius 1 is 0.386 bits per heavy atom. The predicted molar refractivity (Wildman–Crippen MR) is 171 cm³/mol. The molecule has 6 bridgehead atoms. The molecule has 0 fully saturated rings. The third kappa shape index (κ3) is 1.99. The Morgan fingerprint density at radius 3 is 1.45 bits per heavy atom. The molecule has 0 heterocycles. The van der Waals surface area contributed by atoms with Gasteiger partial charge in [0, 0.05) is 23.7 Å². The molecule has 1 heteroatoms. The van der Waals surface area contributed by atoms with Crippen molar-refractivity contribution in [2.75, 3.05) is 0 Å². The van der Waals surface area contributed by atoms with Crippen molar-refractivity contribution < 1.29 is 4.79 Å². The molecule has 44 heavy (non-hydrogen) atoms. The Bertz CT molecular complexity index is 2260.